The molecule has 0 aliphatic carbocycles. The molecule has 1 heterocycles. The minimum absolute atomic E-state index is 0.0446. The van der Waals surface area contributed by atoms with Crippen LogP contribution in [0.5, 0.6) is 0 Å². The molecule has 4 atom stereocenters. The SMILES string of the molecule is CC1CC(C)N(C(c2ccc(F)cc2)C(C)N)C1. The van der Waals surface area contributed by atoms with Crippen LogP contribution in [-0.2, 0) is 0 Å². The molecule has 0 spiro atoms. The summed E-state index contributed by atoms with van der Waals surface area (Å²) in [5.74, 6) is 0.520. The highest BCUT2D eigenvalue weighted by Gasteiger charge is 2.34. The molecular weight excluding hydrogens is 227 g/mol. The first-order valence-electron chi connectivity index (χ1n) is 6.76. The van der Waals surface area contributed by atoms with Crippen LogP contribution in [0.1, 0.15) is 38.8 Å². The molecule has 1 fully saturated rings. The van der Waals surface area contributed by atoms with Gasteiger partial charge in [0.2, 0.25) is 0 Å². The molecule has 1 saturated heterocycles. The largest absolute Gasteiger partial charge is 0.326 e. The van der Waals surface area contributed by atoms with Gasteiger partial charge in [0.1, 0.15) is 5.82 Å². The molecular formula is C15H23FN2. The molecule has 1 aliphatic rings. The maximum atomic E-state index is 13.0. The van der Waals surface area contributed by atoms with Crippen molar-refractivity contribution in [2.45, 2.75) is 45.3 Å². The summed E-state index contributed by atoms with van der Waals surface area (Å²) in [7, 11) is 0. The fourth-order valence-electron chi connectivity index (χ4n) is 3.18. The van der Waals surface area contributed by atoms with E-state index in [9.17, 15) is 4.39 Å². The fraction of sp³-hybridized carbons (Fsp3) is 0.600. The number of hydrogen-bond acceptors (Lipinski definition) is 2. The second-order valence-corrected chi connectivity index (χ2v) is 5.74. The third-order valence-corrected chi connectivity index (χ3v) is 3.90. The second-order valence-electron chi connectivity index (χ2n) is 5.74. The maximum absolute atomic E-state index is 13.0. The van der Waals surface area contributed by atoms with E-state index < -0.39 is 0 Å². The molecule has 0 radical (unpaired) electrons. The molecule has 4 unspecified atom stereocenters. The Hall–Kier alpha value is -0.930. The number of likely N-dealkylation sites (tertiary alicyclic amines) is 1. The van der Waals surface area contributed by atoms with Gasteiger partial charge in [0, 0.05) is 24.7 Å². The van der Waals surface area contributed by atoms with Crippen molar-refractivity contribution in [1.82, 2.24) is 4.90 Å². The zero-order chi connectivity index (χ0) is 13.3. The van der Waals surface area contributed by atoms with Crippen LogP contribution in [0.15, 0.2) is 24.3 Å². The van der Waals surface area contributed by atoms with Gasteiger partial charge in [-0.25, -0.2) is 4.39 Å². The monoisotopic (exact) mass is 250 g/mol. The first-order chi connectivity index (χ1) is 8.49. The van der Waals surface area contributed by atoms with Gasteiger partial charge in [0.25, 0.3) is 0 Å². The summed E-state index contributed by atoms with van der Waals surface area (Å²) in [5.41, 5.74) is 7.28. The summed E-state index contributed by atoms with van der Waals surface area (Å²) in [6.45, 7) is 7.64. The van der Waals surface area contributed by atoms with Crippen LogP contribution in [0, 0.1) is 11.7 Å². The van der Waals surface area contributed by atoms with E-state index in [1.165, 1.54) is 18.6 Å². The Balaban J connectivity index is 2.26. The highest BCUT2D eigenvalue weighted by molar-refractivity contribution is 5.22. The summed E-state index contributed by atoms with van der Waals surface area (Å²) in [6.07, 6.45) is 1.21. The van der Waals surface area contributed by atoms with Crippen molar-refractivity contribution in [2.24, 2.45) is 11.7 Å². The van der Waals surface area contributed by atoms with Crippen LogP contribution < -0.4 is 5.73 Å². The van der Waals surface area contributed by atoms with Gasteiger partial charge in [-0.2, -0.15) is 0 Å². The number of nitrogens with zero attached hydrogens (tertiary/aromatic N) is 1. The first kappa shape index (κ1) is 13.5. The number of rotatable bonds is 3. The standard InChI is InChI=1S/C15H23FN2/c1-10-8-11(2)18(9-10)15(12(3)17)13-4-6-14(16)7-5-13/h4-7,10-12,15H,8-9,17H2,1-3H3. The van der Waals surface area contributed by atoms with E-state index >= 15 is 0 Å². The second kappa shape index (κ2) is 5.37. The molecule has 0 bridgehead atoms. The normalized spacial score (nSPS) is 28.3. The Labute approximate surface area is 109 Å². The van der Waals surface area contributed by atoms with Gasteiger partial charge in [-0.15, -0.1) is 0 Å². The van der Waals surface area contributed by atoms with E-state index in [0.717, 1.165) is 12.1 Å². The lowest BCUT2D eigenvalue weighted by Crippen LogP contribution is -2.41. The summed E-state index contributed by atoms with van der Waals surface area (Å²) < 4.78 is 13.0. The molecule has 18 heavy (non-hydrogen) atoms. The minimum atomic E-state index is -0.190. The Morgan fingerprint density at radius 3 is 2.33 bits per heavy atom. The Bertz CT molecular complexity index is 388. The van der Waals surface area contributed by atoms with E-state index in [0.29, 0.717) is 12.0 Å². The number of benzene rings is 1. The molecule has 0 aromatic heterocycles. The van der Waals surface area contributed by atoms with E-state index in [1.54, 1.807) is 0 Å². The van der Waals surface area contributed by atoms with Gasteiger partial charge in [-0.3, -0.25) is 4.90 Å². The molecule has 2 N–H and O–H groups in total. The third-order valence-electron chi connectivity index (χ3n) is 3.90. The molecule has 100 valence electrons. The predicted octanol–water partition coefficient (Wildman–Crippen LogP) is 2.94. The molecule has 0 saturated carbocycles. The topological polar surface area (TPSA) is 29.3 Å². The van der Waals surface area contributed by atoms with Crippen molar-refractivity contribution in [3.63, 3.8) is 0 Å². The highest BCUT2D eigenvalue weighted by Crippen LogP contribution is 2.33. The lowest BCUT2D eigenvalue weighted by Gasteiger charge is -2.34. The first-order valence-corrected chi connectivity index (χ1v) is 6.76. The van der Waals surface area contributed by atoms with Crippen LogP contribution in [0.2, 0.25) is 0 Å². The summed E-state index contributed by atoms with van der Waals surface area (Å²) >= 11 is 0. The van der Waals surface area contributed by atoms with Crippen LogP contribution in [0.25, 0.3) is 0 Å². The maximum Gasteiger partial charge on any atom is 0.123 e. The molecule has 3 heteroatoms. The predicted molar refractivity (Wildman–Crippen MR) is 72.7 cm³/mol. The zero-order valence-corrected chi connectivity index (χ0v) is 11.4. The Kier molecular flexibility index (Phi) is 4.03. The highest BCUT2D eigenvalue weighted by atomic mass is 19.1. The number of nitrogens with two attached hydrogens (primary N) is 1. The van der Waals surface area contributed by atoms with Gasteiger partial charge in [0.05, 0.1) is 0 Å². The van der Waals surface area contributed by atoms with Gasteiger partial charge in [0.15, 0.2) is 0 Å². The van der Waals surface area contributed by atoms with Crippen LogP contribution in [0.4, 0.5) is 4.39 Å². The van der Waals surface area contributed by atoms with Gasteiger partial charge in [-0.05, 0) is 43.9 Å². The van der Waals surface area contributed by atoms with Gasteiger partial charge >= 0.3 is 0 Å². The number of halogens is 1. The molecule has 2 rings (SSSR count). The Morgan fingerprint density at radius 1 is 1.28 bits per heavy atom. The van der Waals surface area contributed by atoms with Crippen LogP contribution >= 0.6 is 0 Å². The molecule has 1 aliphatic heterocycles. The average Bonchev–Trinajstić information content (AvgIpc) is 2.61. The molecule has 0 amide bonds. The van der Waals surface area contributed by atoms with Crippen LogP contribution in [0.3, 0.4) is 0 Å². The minimum Gasteiger partial charge on any atom is -0.326 e. The Morgan fingerprint density at radius 2 is 1.89 bits per heavy atom. The van der Waals surface area contributed by atoms with Crippen molar-refractivity contribution in [2.75, 3.05) is 6.54 Å². The third kappa shape index (κ3) is 2.73. The lowest BCUT2D eigenvalue weighted by atomic mass is 9.98. The molecule has 1 aromatic carbocycles. The smallest absolute Gasteiger partial charge is 0.123 e. The van der Waals surface area contributed by atoms with Crippen molar-refractivity contribution in [3.8, 4) is 0 Å². The van der Waals surface area contributed by atoms with Crippen molar-refractivity contribution >= 4 is 0 Å². The fourth-order valence-corrected chi connectivity index (χ4v) is 3.18. The zero-order valence-electron chi connectivity index (χ0n) is 11.4. The quantitative estimate of drug-likeness (QED) is 0.893. The van der Waals surface area contributed by atoms with Gasteiger partial charge < -0.3 is 5.73 Å². The average molecular weight is 250 g/mol. The summed E-state index contributed by atoms with van der Waals surface area (Å²) in [6, 6.07) is 7.54. The van der Waals surface area contributed by atoms with Crippen LogP contribution in [-0.4, -0.2) is 23.5 Å². The molecule has 1 aromatic rings. The molecule has 2 nitrogen and oxygen atoms in total. The lowest BCUT2D eigenvalue weighted by molar-refractivity contribution is 0.167. The number of hydrogen-bond donors (Lipinski definition) is 1. The van der Waals surface area contributed by atoms with E-state index in [1.807, 2.05) is 19.1 Å². The van der Waals surface area contributed by atoms with E-state index in [2.05, 4.69) is 18.7 Å². The van der Waals surface area contributed by atoms with Crippen molar-refractivity contribution in [3.05, 3.63) is 35.6 Å². The summed E-state index contributed by atoms with van der Waals surface area (Å²) in [4.78, 5) is 2.46. The summed E-state index contributed by atoms with van der Waals surface area (Å²) in [5, 5.41) is 0. The van der Waals surface area contributed by atoms with Gasteiger partial charge in [-0.1, -0.05) is 19.1 Å². The van der Waals surface area contributed by atoms with E-state index in [4.69, 9.17) is 5.73 Å². The van der Waals surface area contributed by atoms with Crippen molar-refractivity contribution in [1.29, 1.82) is 0 Å². The van der Waals surface area contributed by atoms with Crippen molar-refractivity contribution < 1.29 is 4.39 Å². The van der Waals surface area contributed by atoms with E-state index in [-0.39, 0.29) is 17.9 Å².